The Morgan fingerprint density at radius 1 is 1.20 bits per heavy atom. The lowest BCUT2D eigenvalue weighted by Crippen LogP contribution is -2.24. The van der Waals surface area contributed by atoms with Crippen molar-refractivity contribution in [2.45, 2.75) is 18.4 Å². The average Bonchev–Trinajstić information content (AvgIpc) is 2.70. The summed E-state index contributed by atoms with van der Waals surface area (Å²) in [5.41, 5.74) is 0.571. The number of aromatic nitrogens is 1. The number of hydrogen-bond donors (Lipinski definition) is 2. The topological polar surface area (TPSA) is 97.3 Å². The van der Waals surface area contributed by atoms with Crippen LogP contribution in [0.3, 0.4) is 0 Å². The molecule has 1 aromatic heterocycles. The minimum absolute atomic E-state index is 0.0478. The predicted octanol–water partition coefficient (Wildman–Crippen LogP) is 2.55. The van der Waals surface area contributed by atoms with Gasteiger partial charge in [0.15, 0.2) is 5.43 Å². The molecule has 2 N–H and O–H groups in total. The molecule has 9 heteroatoms. The molecule has 0 bridgehead atoms. The molecule has 0 fully saturated rings. The van der Waals surface area contributed by atoms with Gasteiger partial charge in [0.05, 0.1) is 10.4 Å². The van der Waals surface area contributed by atoms with Crippen molar-refractivity contribution >= 4 is 32.5 Å². The number of rotatable bonds is 7. The number of carbonyl (C=O) groups is 1. The highest BCUT2D eigenvalue weighted by atomic mass is 32.2. The molecule has 1 heterocycles. The van der Waals surface area contributed by atoms with Crippen LogP contribution < -0.4 is 15.5 Å². The first-order chi connectivity index (χ1) is 14.2. The van der Waals surface area contributed by atoms with E-state index in [1.54, 1.807) is 6.92 Å². The summed E-state index contributed by atoms with van der Waals surface area (Å²) in [7, 11) is -3.66. The third-order valence-corrected chi connectivity index (χ3v) is 5.90. The highest BCUT2D eigenvalue weighted by Crippen LogP contribution is 2.18. The predicted molar refractivity (Wildman–Crippen MR) is 113 cm³/mol. The van der Waals surface area contributed by atoms with Gasteiger partial charge in [0, 0.05) is 29.4 Å². The van der Waals surface area contributed by atoms with E-state index < -0.39 is 21.7 Å². The van der Waals surface area contributed by atoms with Crippen LogP contribution in [-0.2, 0) is 21.4 Å². The Balaban J connectivity index is 1.82. The number of aryl methyl sites for hydroxylation is 1. The van der Waals surface area contributed by atoms with Gasteiger partial charge in [0.25, 0.3) is 0 Å². The second-order valence-corrected chi connectivity index (χ2v) is 8.35. The number of amides is 1. The Hall–Kier alpha value is -3.30. The third kappa shape index (κ3) is 4.47. The van der Waals surface area contributed by atoms with Gasteiger partial charge in [-0.25, -0.2) is 17.5 Å². The van der Waals surface area contributed by atoms with Crippen LogP contribution in [0, 0.1) is 12.7 Å². The van der Waals surface area contributed by atoms with Crippen LogP contribution in [0.1, 0.15) is 5.69 Å². The van der Waals surface area contributed by atoms with E-state index in [2.05, 4.69) is 16.6 Å². The van der Waals surface area contributed by atoms with Gasteiger partial charge in [0.2, 0.25) is 15.9 Å². The fraction of sp³-hybridized carbons (Fsp3) is 0.143. The molecule has 3 rings (SSSR count). The van der Waals surface area contributed by atoms with Crippen LogP contribution in [0.15, 0.2) is 70.9 Å². The number of nitrogens with zero attached hydrogens (tertiary/aromatic N) is 1. The lowest BCUT2D eigenvalue weighted by atomic mass is 10.1. The van der Waals surface area contributed by atoms with Crippen LogP contribution >= 0.6 is 0 Å². The first-order valence-electron chi connectivity index (χ1n) is 9.02. The van der Waals surface area contributed by atoms with Gasteiger partial charge >= 0.3 is 0 Å². The van der Waals surface area contributed by atoms with Crippen LogP contribution in [0.5, 0.6) is 0 Å². The number of fused-ring (bicyclic) bond motifs is 1. The van der Waals surface area contributed by atoms with Crippen molar-refractivity contribution in [2.24, 2.45) is 0 Å². The standard InChI is InChI=1S/C21H20FN3O4S/c1-3-11-23-30(28,29)16-9-7-15(8-10-16)24-20(27)13-25-14(2)12-19(26)17-5-4-6-18(22)21(17)25/h3-10,12,23H,1,11,13H2,2H3,(H,24,27). The number of halogens is 1. The van der Waals surface area contributed by atoms with Crippen LogP contribution in [0.25, 0.3) is 10.9 Å². The smallest absolute Gasteiger partial charge is 0.244 e. The zero-order valence-corrected chi connectivity index (χ0v) is 17.0. The molecule has 0 unspecified atom stereocenters. The summed E-state index contributed by atoms with van der Waals surface area (Å²) in [4.78, 5) is 24.7. The second-order valence-electron chi connectivity index (χ2n) is 6.59. The van der Waals surface area contributed by atoms with Gasteiger partial charge in [0.1, 0.15) is 12.4 Å². The summed E-state index contributed by atoms with van der Waals surface area (Å²) in [5.74, 6) is -1.05. The quantitative estimate of drug-likeness (QED) is 0.564. The van der Waals surface area contributed by atoms with Crippen LogP contribution in [-0.4, -0.2) is 25.4 Å². The van der Waals surface area contributed by atoms with Crippen molar-refractivity contribution in [1.29, 1.82) is 0 Å². The highest BCUT2D eigenvalue weighted by molar-refractivity contribution is 7.89. The van der Waals surface area contributed by atoms with Gasteiger partial charge in [-0.2, -0.15) is 0 Å². The van der Waals surface area contributed by atoms with Crippen LogP contribution in [0.2, 0.25) is 0 Å². The summed E-state index contributed by atoms with van der Waals surface area (Å²) in [6.07, 6.45) is 1.43. The zero-order chi connectivity index (χ0) is 21.9. The summed E-state index contributed by atoms with van der Waals surface area (Å²) in [6, 6.07) is 11.2. The number of para-hydroxylation sites is 1. The van der Waals surface area contributed by atoms with E-state index in [1.165, 1.54) is 59.2 Å². The Morgan fingerprint density at radius 3 is 2.57 bits per heavy atom. The van der Waals surface area contributed by atoms with Gasteiger partial charge in [-0.1, -0.05) is 12.1 Å². The maximum atomic E-state index is 14.4. The van der Waals surface area contributed by atoms with E-state index in [1.807, 2.05) is 0 Å². The largest absolute Gasteiger partial charge is 0.333 e. The van der Waals surface area contributed by atoms with Crippen molar-refractivity contribution < 1.29 is 17.6 Å². The average molecular weight is 429 g/mol. The number of benzene rings is 2. The molecule has 0 spiro atoms. The van der Waals surface area contributed by atoms with Crippen LogP contribution in [0.4, 0.5) is 10.1 Å². The number of pyridine rings is 1. The number of carbonyl (C=O) groups excluding carboxylic acids is 1. The molecule has 2 aromatic carbocycles. The van der Waals surface area contributed by atoms with Crippen molar-refractivity contribution in [2.75, 3.05) is 11.9 Å². The first-order valence-corrected chi connectivity index (χ1v) is 10.5. The minimum atomic E-state index is -3.66. The maximum Gasteiger partial charge on any atom is 0.244 e. The van der Waals surface area contributed by atoms with Crippen molar-refractivity contribution in [1.82, 2.24) is 9.29 Å². The lowest BCUT2D eigenvalue weighted by molar-refractivity contribution is -0.116. The molecule has 7 nitrogen and oxygen atoms in total. The normalized spacial score (nSPS) is 11.4. The summed E-state index contributed by atoms with van der Waals surface area (Å²) in [5, 5.41) is 2.84. The summed E-state index contributed by atoms with van der Waals surface area (Å²) >= 11 is 0. The second kappa shape index (κ2) is 8.60. The molecule has 0 saturated carbocycles. The van der Waals surface area contributed by atoms with E-state index in [0.717, 1.165) is 0 Å². The molecule has 0 saturated heterocycles. The van der Waals surface area contributed by atoms with E-state index >= 15 is 0 Å². The molecule has 156 valence electrons. The molecule has 0 aliphatic heterocycles. The van der Waals surface area contributed by atoms with Gasteiger partial charge < -0.3 is 9.88 Å². The van der Waals surface area contributed by atoms with E-state index in [4.69, 9.17) is 0 Å². The van der Waals surface area contributed by atoms with Gasteiger partial charge in [-0.05, 0) is 43.3 Å². The molecular formula is C21H20FN3O4S. The lowest BCUT2D eigenvalue weighted by Gasteiger charge is -2.15. The molecule has 0 radical (unpaired) electrons. The number of nitrogens with one attached hydrogen (secondary N) is 2. The maximum absolute atomic E-state index is 14.4. The zero-order valence-electron chi connectivity index (χ0n) is 16.2. The number of anilines is 1. The molecule has 30 heavy (non-hydrogen) atoms. The summed E-state index contributed by atoms with van der Waals surface area (Å²) in [6.45, 7) is 4.96. The monoisotopic (exact) mass is 429 g/mol. The Morgan fingerprint density at radius 2 is 1.90 bits per heavy atom. The van der Waals surface area contributed by atoms with Crippen molar-refractivity contribution in [3.63, 3.8) is 0 Å². The highest BCUT2D eigenvalue weighted by Gasteiger charge is 2.15. The molecule has 0 aliphatic carbocycles. The van der Waals surface area contributed by atoms with E-state index in [0.29, 0.717) is 11.4 Å². The Labute approximate surface area is 172 Å². The first kappa shape index (κ1) is 21.4. The van der Waals surface area contributed by atoms with Crippen molar-refractivity contribution in [3.05, 3.63) is 82.9 Å². The Bertz CT molecular complexity index is 1280. The fourth-order valence-electron chi connectivity index (χ4n) is 3.03. The minimum Gasteiger partial charge on any atom is -0.333 e. The van der Waals surface area contributed by atoms with Gasteiger partial charge in [-0.3, -0.25) is 9.59 Å². The van der Waals surface area contributed by atoms with E-state index in [-0.39, 0.29) is 34.3 Å². The molecular weight excluding hydrogens is 409 g/mol. The molecule has 0 aliphatic rings. The SMILES string of the molecule is C=CCNS(=O)(=O)c1ccc(NC(=O)Cn2c(C)cc(=O)c3cccc(F)c32)cc1. The molecule has 1 amide bonds. The third-order valence-electron chi connectivity index (χ3n) is 4.46. The fourth-order valence-corrected chi connectivity index (χ4v) is 4.03. The number of sulfonamides is 1. The Kier molecular flexibility index (Phi) is 6.14. The number of hydrogen-bond acceptors (Lipinski definition) is 4. The van der Waals surface area contributed by atoms with E-state index in [9.17, 15) is 22.4 Å². The molecule has 3 aromatic rings. The van der Waals surface area contributed by atoms with Gasteiger partial charge in [-0.15, -0.1) is 6.58 Å². The molecule has 0 atom stereocenters. The summed E-state index contributed by atoms with van der Waals surface area (Å²) < 4.78 is 42.3. The van der Waals surface area contributed by atoms with Crippen molar-refractivity contribution in [3.8, 4) is 0 Å².